The van der Waals surface area contributed by atoms with Crippen molar-refractivity contribution in [1.82, 2.24) is 4.98 Å². The average molecular weight is 284 g/mol. The first-order valence-electron chi connectivity index (χ1n) is 4.62. The second kappa shape index (κ2) is 4.67. The third-order valence-corrected chi connectivity index (χ3v) is 2.83. The van der Waals surface area contributed by atoms with Gasteiger partial charge in [-0.2, -0.15) is 0 Å². The molecule has 0 spiro atoms. The fraction of sp³-hybridized carbons (Fsp3) is 0.182. The van der Waals surface area contributed by atoms with E-state index in [-0.39, 0.29) is 0 Å². The number of ether oxygens (including phenoxy) is 1. The summed E-state index contributed by atoms with van der Waals surface area (Å²) >= 11 is 3.29. The Bertz CT molecular complexity index is 484. The summed E-state index contributed by atoms with van der Waals surface area (Å²) in [7, 11) is 1.55. The van der Waals surface area contributed by atoms with E-state index in [2.05, 4.69) is 20.9 Å². The van der Waals surface area contributed by atoms with E-state index in [9.17, 15) is 5.11 Å². The van der Waals surface area contributed by atoms with Crippen molar-refractivity contribution in [3.8, 4) is 5.75 Å². The molecule has 0 fully saturated rings. The number of aliphatic hydroxyl groups is 1. The van der Waals surface area contributed by atoms with Gasteiger partial charge in [0.15, 0.2) is 5.76 Å². The zero-order valence-corrected chi connectivity index (χ0v) is 10.1. The Labute approximate surface area is 101 Å². The maximum Gasteiger partial charge on any atom is 0.151 e. The molecule has 0 radical (unpaired) electrons. The van der Waals surface area contributed by atoms with Gasteiger partial charge in [-0.25, -0.2) is 0 Å². The van der Waals surface area contributed by atoms with Crippen LogP contribution in [-0.4, -0.2) is 17.2 Å². The Morgan fingerprint density at radius 1 is 1.50 bits per heavy atom. The van der Waals surface area contributed by atoms with E-state index >= 15 is 0 Å². The number of aliphatic hydroxyl groups excluding tert-OH is 1. The van der Waals surface area contributed by atoms with E-state index in [1.54, 1.807) is 31.6 Å². The van der Waals surface area contributed by atoms with Crippen molar-refractivity contribution in [2.75, 3.05) is 7.11 Å². The molecule has 84 valence electrons. The molecule has 2 heterocycles. The molecular weight excluding hydrogens is 274 g/mol. The zero-order valence-electron chi connectivity index (χ0n) is 8.55. The van der Waals surface area contributed by atoms with E-state index < -0.39 is 6.10 Å². The largest absolute Gasteiger partial charge is 0.495 e. The Morgan fingerprint density at radius 3 is 2.94 bits per heavy atom. The smallest absolute Gasteiger partial charge is 0.151 e. The molecule has 2 aromatic heterocycles. The Morgan fingerprint density at radius 2 is 2.31 bits per heavy atom. The van der Waals surface area contributed by atoms with E-state index in [0.29, 0.717) is 17.1 Å². The lowest BCUT2D eigenvalue weighted by Gasteiger charge is -2.09. The van der Waals surface area contributed by atoms with Gasteiger partial charge in [-0.3, -0.25) is 4.98 Å². The molecule has 0 saturated heterocycles. The molecule has 5 heteroatoms. The molecule has 1 N–H and O–H groups in total. The van der Waals surface area contributed by atoms with Crippen molar-refractivity contribution in [3.63, 3.8) is 0 Å². The lowest BCUT2D eigenvalue weighted by Crippen LogP contribution is -2.00. The molecule has 2 rings (SSSR count). The molecule has 0 bridgehead atoms. The van der Waals surface area contributed by atoms with Gasteiger partial charge in [-0.15, -0.1) is 0 Å². The maximum atomic E-state index is 10.1. The Hall–Kier alpha value is -1.33. The molecule has 4 nitrogen and oxygen atoms in total. The van der Waals surface area contributed by atoms with Crippen LogP contribution in [0, 0.1) is 0 Å². The first-order chi connectivity index (χ1) is 7.72. The first kappa shape index (κ1) is 11.2. The quantitative estimate of drug-likeness (QED) is 0.941. The van der Waals surface area contributed by atoms with Crippen LogP contribution in [-0.2, 0) is 0 Å². The van der Waals surface area contributed by atoms with E-state index in [1.165, 1.54) is 6.26 Å². The minimum absolute atomic E-state index is 0.454. The van der Waals surface area contributed by atoms with E-state index in [4.69, 9.17) is 9.15 Å². The van der Waals surface area contributed by atoms with Gasteiger partial charge in [0.2, 0.25) is 0 Å². The lowest BCUT2D eigenvalue weighted by atomic mass is 10.1. The molecule has 0 amide bonds. The summed E-state index contributed by atoms with van der Waals surface area (Å²) < 4.78 is 11.0. The highest BCUT2D eigenvalue weighted by Gasteiger charge is 2.17. The highest BCUT2D eigenvalue weighted by molar-refractivity contribution is 9.10. The molecule has 0 aliphatic rings. The number of pyridine rings is 1. The van der Waals surface area contributed by atoms with Crippen LogP contribution in [0.15, 0.2) is 39.7 Å². The Balaban J connectivity index is 2.33. The van der Waals surface area contributed by atoms with Crippen molar-refractivity contribution in [2.45, 2.75) is 6.10 Å². The number of hydrogen-bond acceptors (Lipinski definition) is 4. The molecule has 16 heavy (non-hydrogen) atoms. The highest BCUT2D eigenvalue weighted by atomic mass is 79.9. The van der Waals surface area contributed by atoms with Crippen LogP contribution < -0.4 is 4.74 Å². The molecule has 1 atom stereocenters. The van der Waals surface area contributed by atoms with Crippen molar-refractivity contribution in [2.24, 2.45) is 0 Å². The molecular formula is C11H10BrNO3. The number of furan rings is 1. The van der Waals surface area contributed by atoms with Crippen molar-refractivity contribution in [1.29, 1.82) is 0 Å². The molecule has 2 aromatic rings. The van der Waals surface area contributed by atoms with Gasteiger partial charge in [-0.05, 0) is 28.1 Å². The predicted octanol–water partition coefficient (Wildman–Crippen LogP) is 2.53. The zero-order chi connectivity index (χ0) is 11.5. The number of nitrogens with zero attached hydrogens (tertiary/aromatic N) is 1. The first-order valence-corrected chi connectivity index (χ1v) is 5.41. The van der Waals surface area contributed by atoms with Crippen LogP contribution in [0.2, 0.25) is 0 Å². The van der Waals surface area contributed by atoms with Crippen LogP contribution in [0.5, 0.6) is 5.75 Å². The van der Waals surface area contributed by atoms with Crippen molar-refractivity contribution in [3.05, 3.63) is 46.6 Å². The lowest BCUT2D eigenvalue weighted by molar-refractivity contribution is 0.187. The molecule has 0 aliphatic carbocycles. The summed E-state index contributed by atoms with van der Waals surface area (Å²) in [6.45, 7) is 0. The van der Waals surface area contributed by atoms with Gasteiger partial charge in [0.1, 0.15) is 11.9 Å². The monoisotopic (exact) mass is 283 g/mol. The molecule has 0 saturated carbocycles. The van der Waals surface area contributed by atoms with Crippen LogP contribution in [0.3, 0.4) is 0 Å². The summed E-state index contributed by atoms with van der Waals surface area (Å²) in [5.74, 6) is 1.05. The van der Waals surface area contributed by atoms with Crippen LogP contribution in [0.1, 0.15) is 17.4 Å². The summed E-state index contributed by atoms with van der Waals surface area (Å²) in [5, 5.41) is 10.1. The molecule has 1 unspecified atom stereocenters. The minimum Gasteiger partial charge on any atom is -0.495 e. The Kier molecular flexibility index (Phi) is 3.26. The van der Waals surface area contributed by atoms with Crippen molar-refractivity contribution >= 4 is 15.9 Å². The van der Waals surface area contributed by atoms with Gasteiger partial charge >= 0.3 is 0 Å². The highest BCUT2D eigenvalue weighted by Crippen LogP contribution is 2.30. The summed E-state index contributed by atoms with van der Waals surface area (Å²) in [4.78, 5) is 3.97. The number of rotatable bonds is 3. The topological polar surface area (TPSA) is 55.5 Å². The second-order valence-electron chi connectivity index (χ2n) is 3.19. The fourth-order valence-electron chi connectivity index (χ4n) is 1.35. The third kappa shape index (κ3) is 2.10. The fourth-order valence-corrected chi connectivity index (χ4v) is 1.77. The van der Waals surface area contributed by atoms with E-state index in [0.717, 1.165) is 4.47 Å². The van der Waals surface area contributed by atoms with Crippen molar-refractivity contribution < 1.29 is 14.3 Å². The number of halogens is 1. The third-order valence-electron chi connectivity index (χ3n) is 2.18. The summed E-state index contributed by atoms with van der Waals surface area (Å²) in [5.41, 5.74) is 0.620. The number of aromatic nitrogens is 1. The van der Waals surface area contributed by atoms with Gasteiger partial charge in [-0.1, -0.05) is 0 Å². The predicted molar refractivity (Wildman–Crippen MR) is 61.3 cm³/mol. The maximum absolute atomic E-state index is 10.1. The van der Waals surface area contributed by atoms with Gasteiger partial charge in [0.05, 0.1) is 24.0 Å². The molecule has 0 aromatic carbocycles. The summed E-state index contributed by atoms with van der Waals surface area (Å²) in [6, 6.07) is 3.44. The minimum atomic E-state index is -0.855. The number of hydrogen-bond donors (Lipinski definition) is 1. The van der Waals surface area contributed by atoms with Crippen LogP contribution >= 0.6 is 15.9 Å². The van der Waals surface area contributed by atoms with Crippen LogP contribution in [0.25, 0.3) is 0 Å². The van der Waals surface area contributed by atoms with Gasteiger partial charge < -0.3 is 14.3 Å². The number of methoxy groups -OCH3 is 1. The SMILES string of the molecule is COc1cncc(C(O)c2occc2Br)c1. The van der Waals surface area contributed by atoms with E-state index in [1.807, 2.05) is 0 Å². The summed E-state index contributed by atoms with van der Waals surface area (Å²) in [6.07, 6.45) is 3.80. The average Bonchev–Trinajstić information content (AvgIpc) is 2.74. The van der Waals surface area contributed by atoms with Gasteiger partial charge in [0.25, 0.3) is 0 Å². The standard InChI is InChI=1S/C11H10BrNO3/c1-15-8-4-7(5-13-6-8)10(14)11-9(12)2-3-16-11/h2-6,10,14H,1H3. The van der Waals surface area contributed by atoms with Crippen LogP contribution in [0.4, 0.5) is 0 Å². The van der Waals surface area contributed by atoms with Gasteiger partial charge in [0, 0.05) is 11.8 Å². The normalized spacial score (nSPS) is 12.4. The second-order valence-corrected chi connectivity index (χ2v) is 4.05. The molecule has 0 aliphatic heterocycles.